The van der Waals surface area contributed by atoms with Crippen molar-refractivity contribution in [3.8, 4) is 0 Å². The number of ketones is 2. The Kier molecular flexibility index (Phi) is 3.60. The zero-order valence-electron chi connectivity index (χ0n) is 10.7. The number of carbonyl (C=O) groups excluding carboxylic acids is 3. The quantitative estimate of drug-likeness (QED) is 0.380. The van der Waals surface area contributed by atoms with E-state index in [9.17, 15) is 24.5 Å². The first kappa shape index (κ1) is 13.9. The Morgan fingerprint density at radius 1 is 1.40 bits per heavy atom. The molecule has 20 heavy (non-hydrogen) atoms. The number of nitro groups is 1. The Hall–Kier alpha value is -2.57. The lowest BCUT2D eigenvalue weighted by Crippen LogP contribution is -2.46. The summed E-state index contributed by atoms with van der Waals surface area (Å²) < 4.78 is 0. The fraction of sp³-hybridized carbons (Fsp3) is 0.308. The molecule has 1 atom stereocenters. The van der Waals surface area contributed by atoms with Crippen LogP contribution < -0.4 is 5.32 Å². The minimum Gasteiger partial charge on any atom is -0.355 e. The molecule has 0 bridgehead atoms. The highest BCUT2D eigenvalue weighted by molar-refractivity contribution is 6.25. The van der Waals surface area contributed by atoms with Crippen molar-refractivity contribution in [1.82, 2.24) is 5.32 Å². The van der Waals surface area contributed by atoms with E-state index < -0.39 is 28.3 Å². The van der Waals surface area contributed by atoms with Crippen LogP contribution >= 0.6 is 0 Å². The van der Waals surface area contributed by atoms with Crippen LogP contribution in [0.15, 0.2) is 18.2 Å². The number of nitrogens with zero attached hydrogens (tertiary/aromatic N) is 1. The van der Waals surface area contributed by atoms with Crippen molar-refractivity contribution < 1.29 is 19.3 Å². The SMILES string of the molecule is Cc1ccc(C(=O)C2C(=O)CCNC2=O)c([N+](=O)[O-])c1. The average Bonchev–Trinajstić information content (AvgIpc) is 2.38. The normalized spacial score (nSPS) is 18.6. The summed E-state index contributed by atoms with van der Waals surface area (Å²) in [5.74, 6) is -3.50. The Balaban J connectivity index is 2.45. The molecule has 0 saturated carbocycles. The first-order chi connectivity index (χ1) is 9.41. The number of Topliss-reactive ketones (excluding diaryl/α,β-unsaturated/α-hetero) is 2. The molecule has 0 aliphatic carbocycles. The second-order valence-electron chi connectivity index (χ2n) is 4.58. The fourth-order valence-electron chi connectivity index (χ4n) is 2.12. The minimum atomic E-state index is -1.48. The summed E-state index contributed by atoms with van der Waals surface area (Å²) in [7, 11) is 0. The molecule has 1 aromatic rings. The number of nitrogens with one attached hydrogen (secondary N) is 1. The van der Waals surface area contributed by atoms with Gasteiger partial charge in [0.1, 0.15) is 0 Å². The van der Waals surface area contributed by atoms with Crippen LogP contribution in [-0.4, -0.2) is 28.9 Å². The third kappa shape index (κ3) is 2.42. The van der Waals surface area contributed by atoms with Crippen molar-refractivity contribution in [3.63, 3.8) is 0 Å². The summed E-state index contributed by atoms with van der Waals surface area (Å²) in [6.07, 6.45) is 0.0573. The number of benzene rings is 1. The van der Waals surface area contributed by atoms with Gasteiger partial charge in [-0.2, -0.15) is 0 Å². The molecular formula is C13H12N2O5. The molecule has 0 spiro atoms. The van der Waals surface area contributed by atoms with Gasteiger partial charge in [-0.3, -0.25) is 24.5 Å². The molecule has 1 saturated heterocycles. The first-order valence-electron chi connectivity index (χ1n) is 6.01. The van der Waals surface area contributed by atoms with Crippen LogP contribution in [0.3, 0.4) is 0 Å². The molecule has 1 fully saturated rings. The van der Waals surface area contributed by atoms with Crippen LogP contribution in [0.1, 0.15) is 22.3 Å². The van der Waals surface area contributed by atoms with Crippen molar-refractivity contribution in [2.75, 3.05) is 6.54 Å². The van der Waals surface area contributed by atoms with Crippen LogP contribution in [0.2, 0.25) is 0 Å². The van der Waals surface area contributed by atoms with Crippen LogP contribution in [0.5, 0.6) is 0 Å². The lowest BCUT2D eigenvalue weighted by Gasteiger charge is -2.19. The Bertz CT molecular complexity index is 607. The van der Waals surface area contributed by atoms with Crippen molar-refractivity contribution >= 4 is 23.2 Å². The van der Waals surface area contributed by atoms with Gasteiger partial charge in [-0.25, -0.2) is 0 Å². The van der Waals surface area contributed by atoms with E-state index in [1.54, 1.807) is 6.92 Å². The minimum absolute atomic E-state index is 0.0573. The van der Waals surface area contributed by atoms with Crippen LogP contribution in [0.25, 0.3) is 0 Å². The standard InChI is InChI=1S/C13H12N2O5/c1-7-2-3-8(9(6-7)15(19)20)12(17)11-10(16)4-5-14-13(11)18/h2-3,6,11H,4-5H2,1H3,(H,14,18). The number of piperidine rings is 1. The number of aryl methyl sites for hydroxylation is 1. The van der Waals surface area contributed by atoms with Gasteiger partial charge in [0, 0.05) is 19.0 Å². The van der Waals surface area contributed by atoms with Crippen molar-refractivity contribution in [1.29, 1.82) is 0 Å². The molecule has 7 heteroatoms. The zero-order chi connectivity index (χ0) is 14.9. The van der Waals surface area contributed by atoms with Gasteiger partial charge in [-0.15, -0.1) is 0 Å². The maximum Gasteiger partial charge on any atom is 0.280 e. The number of amides is 1. The maximum atomic E-state index is 12.3. The molecule has 0 aromatic heterocycles. The van der Waals surface area contributed by atoms with E-state index in [1.165, 1.54) is 18.2 Å². The monoisotopic (exact) mass is 276 g/mol. The van der Waals surface area contributed by atoms with E-state index in [2.05, 4.69) is 5.32 Å². The number of carbonyl (C=O) groups is 3. The molecule has 1 aliphatic heterocycles. The topological polar surface area (TPSA) is 106 Å². The van der Waals surface area contributed by atoms with Crippen molar-refractivity contribution in [2.45, 2.75) is 13.3 Å². The largest absolute Gasteiger partial charge is 0.355 e. The number of rotatable bonds is 3. The highest BCUT2D eigenvalue weighted by Crippen LogP contribution is 2.24. The van der Waals surface area contributed by atoms with Crippen molar-refractivity contribution in [2.24, 2.45) is 5.92 Å². The summed E-state index contributed by atoms with van der Waals surface area (Å²) >= 11 is 0. The lowest BCUT2D eigenvalue weighted by atomic mass is 9.88. The molecule has 1 unspecified atom stereocenters. The van der Waals surface area contributed by atoms with E-state index in [0.717, 1.165) is 0 Å². The van der Waals surface area contributed by atoms with Gasteiger partial charge in [0.25, 0.3) is 5.69 Å². The lowest BCUT2D eigenvalue weighted by molar-refractivity contribution is -0.385. The Morgan fingerprint density at radius 3 is 2.70 bits per heavy atom. The second-order valence-corrected chi connectivity index (χ2v) is 4.58. The van der Waals surface area contributed by atoms with E-state index >= 15 is 0 Å². The molecule has 1 amide bonds. The molecule has 7 nitrogen and oxygen atoms in total. The summed E-state index contributed by atoms with van der Waals surface area (Å²) in [5.41, 5.74) is 0.0184. The molecule has 1 aliphatic rings. The predicted molar refractivity (Wildman–Crippen MR) is 68.3 cm³/mol. The highest BCUT2D eigenvalue weighted by atomic mass is 16.6. The average molecular weight is 276 g/mol. The van der Waals surface area contributed by atoms with Gasteiger partial charge in [0.05, 0.1) is 10.5 Å². The second kappa shape index (κ2) is 5.20. The molecule has 1 aromatic carbocycles. The number of hydrogen-bond acceptors (Lipinski definition) is 5. The molecular weight excluding hydrogens is 264 g/mol. The van der Waals surface area contributed by atoms with Gasteiger partial charge in [-0.1, -0.05) is 6.07 Å². The van der Waals surface area contributed by atoms with Gasteiger partial charge < -0.3 is 5.32 Å². The summed E-state index contributed by atoms with van der Waals surface area (Å²) in [6.45, 7) is 1.84. The zero-order valence-corrected chi connectivity index (χ0v) is 10.7. The third-order valence-electron chi connectivity index (χ3n) is 3.13. The molecule has 1 N–H and O–H groups in total. The Labute approximate surface area is 114 Å². The van der Waals surface area contributed by atoms with Gasteiger partial charge in [0.15, 0.2) is 17.5 Å². The molecule has 0 radical (unpaired) electrons. The first-order valence-corrected chi connectivity index (χ1v) is 6.01. The summed E-state index contributed by atoms with van der Waals surface area (Å²) in [5, 5.41) is 13.4. The number of nitro benzene ring substituents is 1. The highest BCUT2D eigenvalue weighted by Gasteiger charge is 2.39. The maximum absolute atomic E-state index is 12.3. The van der Waals surface area contributed by atoms with E-state index in [-0.39, 0.29) is 24.2 Å². The van der Waals surface area contributed by atoms with E-state index in [0.29, 0.717) is 5.56 Å². The molecule has 2 rings (SSSR count). The van der Waals surface area contributed by atoms with E-state index in [1.807, 2.05) is 0 Å². The van der Waals surface area contributed by atoms with Gasteiger partial charge >= 0.3 is 0 Å². The molecule has 104 valence electrons. The predicted octanol–water partition coefficient (Wildman–Crippen LogP) is 0.791. The van der Waals surface area contributed by atoms with E-state index in [4.69, 9.17) is 0 Å². The van der Waals surface area contributed by atoms with Gasteiger partial charge in [0.2, 0.25) is 5.91 Å². The summed E-state index contributed by atoms with van der Waals surface area (Å²) in [4.78, 5) is 45.9. The van der Waals surface area contributed by atoms with Crippen LogP contribution in [0.4, 0.5) is 5.69 Å². The number of hydrogen-bond donors (Lipinski definition) is 1. The Morgan fingerprint density at radius 2 is 2.10 bits per heavy atom. The third-order valence-corrected chi connectivity index (χ3v) is 3.13. The van der Waals surface area contributed by atoms with Crippen LogP contribution in [-0.2, 0) is 9.59 Å². The van der Waals surface area contributed by atoms with Crippen LogP contribution in [0, 0.1) is 23.0 Å². The van der Waals surface area contributed by atoms with Crippen molar-refractivity contribution in [3.05, 3.63) is 39.4 Å². The van der Waals surface area contributed by atoms with Gasteiger partial charge in [-0.05, 0) is 18.6 Å². The fourth-order valence-corrected chi connectivity index (χ4v) is 2.12. The molecule has 1 heterocycles. The summed E-state index contributed by atoms with van der Waals surface area (Å²) in [6, 6.07) is 4.06. The smallest absolute Gasteiger partial charge is 0.280 e.